The summed E-state index contributed by atoms with van der Waals surface area (Å²) in [7, 11) is 0. The fraction of sp³-hybridized carbons (Fsp3) is 0.667. The van der Waals surface area contributed by atoms with Gasteiger partial charge in [0.1, 0.15) is 10.9 Å². The summed E-state index contributed by atoms with van der Waals surface area (Å²) >= 11 is 3.29. The zero-order valence-corrected chi connectivity index (χ0v) is 9.17. The van der Waals surface area contributed by atoms with E-state index in [1.54, 1.807) is 6.26 Å². The third kappa shape index (κ3) is 2.11. The van der Waals surface area contributed by atoms with Crippen LogP contribution in [0.1, 0.15) is 31.6 Å². The van der Waals surface area contributed by atoms with Gasteiger partial charge in [0, 0.05) is 18.5 Å². The van der Waals surface area contributed by atoms with E-state index in [0.717, 1.165) is 17.0 Å². The molecule has 2 atom stereocenters. The molecule has 3 nitrogen and oxygen atoms in total. The summed E-state index contributed by atoms with van der Waals surface area (Å²) in [6.07, 6.45) is 4.01. The molecule has 0 spiro atoms. The predicted octanol–water partition coefficient (Wildman–Crippen LogP) is 2.29. The zero-order chi connectivity index (χ0) is 9.26. The minimum absolute atomic E-state index is 0.447. The van der Waals surface area contributed by atoms with Gasteiger partial charge in [0.15, 0.2) is 5.89 Å². The smallest absolute Gasteiger partial charge is 0.199 e. The Labute approximate surface area is 86.0 Å². The lowest BCUT2D eigenvalue weighted by Crippen LogP contribution is -2.35. The van der Waals surface area contributed by atoms with E-state index >= 15 is 0 Å². The van der Waals surface area contributed by atoms with Crippen LogP contribution in [0.5, 0.6) is 0 Å². The van der Waals surface area contributed by atoms with Gasteiger partial charge in [0.05, 0.1) is 0 Å². The van der Waals surface area contributed by atoms with Crippen molar-refractivity contribution in [2.24, 2.45) is 0 Å². The SMILES string of the molecule is C[C@@H]1CC[C@@H](c2nc(Br)co2)CN1. The maximum absolute atomic E-state index is 5.34. The Bertz CT molecular complexity index is 279. The summed E-state index contributed by atoms with van der Waals surface area (Å²) in [4.78, 5) is 4.27. The van der Waals surface area contributed by atoms with Crippen LogP contribution in [0.3, 0.4) is 0 Å². The normalized spacial score (nSPS) is 29.1. The summed E-state index contributed by atoms with van der Waals surface area (Å²) in [6, 6.07) is 0.634. The minimum atomic E-state index is 0.447. The largest absolute Gasteiger partial charge is 0.447 e. The number of piperidine rings is 1. The molecule has 1 N–H and O–H groups in total. The van der Waals surface area contributed by atoms with Crippen molar-refractivity contribution in [3.8, 4) is 0 Å². The molecule has 2 heterocycles. The van der Waals surface area contributed by atoms with Crippen molar-refractivity contribution >= 4 is 15.9 Å². The maximum atomic E-state index is 5.34. The molecule has 1 saturated heterocycles. The van der Waals surface area contributed by atoms with Crippen molar-refractivity contribution in [3.05, 3.63) is 16.8 Å². The van der Waals surface area contributed by atoms with Crippen molar-refractivity contribution in [1.82, 2.24) is 10.3 Å². The molecule has 1 fully saturated rings. The van der Waals surface area contributed by atoms with Crippen molar-refractivity contribution in [2.75, 3.05) is 6.54 Å². The molecular formula is C9H13BrN2O. The van der Waals surface area contributed by atoms with Crippen LogP contribution in [0.4, 0.5) is 0 Å². The zero-order valence-electron chi connectivity index (χ0n) is 7.59. The molecule has 1 aliphatic rings. The van der Waals surface area contributed by atoms with Crippen LogP contribution in [-0.4, -0.2) is 17.6 Å². The van der Waals surface area contributed by atoms with Gasteiger partial charge in [-0.05, 0) is 35.7 Å². The molecule has 1 aliphatic heterocycles. The molecule has 0 saturated carbocycles. The van der Waals surface area contributed by atoms with E-state index in [0.29, 0.717) is 12.0 Å². The fourth-order valence-corrected chi connectivity index (χ4v) is 1.93. The van der Waals surface area contributed by atoms with Crippen LogP contribution in [0.15, 0.2) is 15.3 Å². The van der Waals surface area contributed by atoms with Gasteiger partial charge in [-0.25, -0.2) is 4.98 Å². The number of hydrogen-bond acceptors (Lipinski definition) is 3. The lowest BCUT2D eigenvalue weighted by atomic mass is 9.95. The van der Waals surface area contributed by atoms with Gasteiger partial charge in [-0.3, -0.25) is 0 Å². The molecule has 4 heteroatoms. The first-order valence-corrected chi connectivity index (χ1v) is 5.39. The third-order valence-electron chi connectivity index (χ3n) is 2.50. The van der Waals surface area contributed by atoms with Crippen molar-refractivity contribution in [2.45, 2.75) is 31.7 Å². The van der Waals surface area contributed by atoms with Gasteiger partial charge in [0.2, 0.25) is 0 Å². The summed E-state index contributed by atoms with van der Waals surface area (Å²) in [6.45, 7) is 3.19. The van der Waals surface area contributed by atoms with E-state index in [4.69, 9.17) is 4.42 Å². The number of nitrogens with one attached hydrogen (secondary N) is 1. The third-order valence-corrected chi connectivity index (χ3v) is 2.87. The van der Waals surface area contributed by atoms with Gasteiger partial charge < -0.3 is 9.73 Å². The number of halogens is 1. The van der Waals surface area contributed by atoms with Crippen LogP contribution in [0.25, 0.3) is 0 Å². The fourth-order valence-electron chi connectivity index (χ4n) is 1.66. The Kier molecular flexibility index (Phi) is 2.69. The van der Waals surface area contributed by atoms with Crippen molar-refractivity contribution in [1.29, 1.82) is 0 Å². The highest BCUT2D eigenvalue weighted by Crippen LogP contribution is 2.25. The molecule has 0 amide bonds. The summed E-state index contributed by atoms with van der Waals surface area (Å²) in [5.41, 5.74) is 0. The first-order valence-electron chi connectivity index (χ1n) is 4.60. The molecule has 13 heavy (non-hydrogen) atoms. The van der Waals surface area contributed by atoms with Crippen LogP contribution in [0, 0.1) is 0 Å². The van der Waals surface area contributed by atoms with Gasteiger partial charge >= 0.3 is 0 Å². The molecular weight excluding hydrogens is 232 g/mol. The summed E-state index contributed by atoms with van der Waals surface area (Å²) in [5, 5.41) is 3.42. The standard InChI is InChI=1S/C9H13BrN2O/c1-6-2-3-7(4-11-6)9-12-8(10)5-13-9/h5-7,11H,2-4H2,1H3/t6-,7-/m1/s1. The Morgan fingerprint density at radius 2 is 2.46 bits per heavy atom. The highest BCUT2D eigenvalue weighted by molar-refractivity contribution is 9.10. The molecule has 0 aromatic carbocycles. The molecule has 72 valence electrons. The second kappa shape index (κ2) is 3.80. The predicted molar refractivity (Wildman–Crippen MR) is 53.6 cm³/mol. The van der Waals surface area contributed by atoms with E-state index in [1.807, 2.05) is 0 Å². The second-order valence-corrected chi connectivity index (χ2v) is 4.40. The molecule has 0 aliphatic carbocycles. The Balaban J connectivity index is 2.02. The van der Waals surface area contributed by atoms with Gasteiger partial charge in [-0.1, -0.05) is 0 Å². The summed E-state index contributed by atoms with van der Waals surface area (Å²) < 4.78 is 6.13. The summed E-state index contributed by atoms with van der Waals surface area (Å²) in [5.74, 6) is 1.30. The number of rotatable bonds is 1. The van der Waals surface area contributed by atoms with E-state index in [2.05, 4.69) is 33.2 Å². The lowest BCUT2D eigenvalue weighted by molar-refractivity contribution is 0.335. The van der Waals surface area contributed by atoms with E-state index < -0.39 is 0 Å². The molecule has 2 rings (SSSR count). The first kappa shape index (κ1) is 9.21. The number of aromatic nitrogens is 1. The minimum Gasteiger partial charge on any atom is -0.447 e. The quantitative estimate of drug-likeness (QED) is 0.824. The van der Waals surface area contributed by atoms with Gasteiger partial charge in [0.25, 0.3) is 0 Å². The van der Waals surface area contributed by atoms with E-state index in [1.165, 1.54) is 12.8 Å². The van der Waals surface area contributed by atoms with E-state index in [9.17, 15) is 0 Å². The van der Waals surface area contributed by atoms with Crippen LogP contribution >= 0.6 is 15.9 Å². The highest BCUT2D eigenvalue weighted by atomic mass is 79.9. The van der Waals surface area contributed by atoms with E-state index in [-0.39, 0.29) is 0 Å². The topological polar surface area (TPSA) is 38.1 Å². The van der Waals surface area contributed by atoms with Crippen LogP contribution in [-0.2, 0) is 0 Å². The van der Waals surface area contributed by atoms with Gasteiger partial charge in [-0.15, -0.1) is 0 Å². The average molecular weight is 245 g/mol. The monoisotopic (exact) mass is 244 g/mol. The number of nitrogens with zero attached hydrogens (tertiary/aromatic N) is 1. The van der Waals surface area contributed by atoms with Crippen LogP contribution < -0.4 is 5.32 Å². The van der Waals surface area contributed by atoms with Gasteiger partial charge in [-0.2, -0.15) is 0 Å². The Morgan fingerprint density at radius 1 is 1.62 bits per heavy atom. The Hall–Kier alpha value is -0.350. The van der Waals surface area contributed by atoms with Crippen LogP contribution in [0.2, 0.25) is 0 Å². The average Bonchev–Trinajstić information content (AvgIpc) is 2.53. The highest BCUT2D eigenvalue weighted by Gasteiger charge is 2.22. The first-order chi connectivity index (χ1) is 6.25. The second-order valence-electron chi connectivity index (χ2n) is 3.59. The number of hydrogen-bond donors (Lipinski definition) is 1. The lowest BCUT2D eigenvalue weighted by Gasteiger charge is -2.25. The van der Waals surface area contributed by atoms with Crippen molar-refractivity contribution < 1.29 is 4.42 Å². The van der Waals surface area contributed by atoms with Crippen molar-refractivity contribution in [3.63, 3.8) is 0 Å². The Morgan fingerprint density at radius 3 is 3.00 bits per heavy atom. The molecule has 0 radical (unpaired) electrons. The number of oxazole rings is 1. The molecule has 1 aromatic rings. The maximum Gasteiger partial charge on any atom is 0.199 e. The molecule has 0 unspecified atom stereocenters. The molecule has 0 bridgehead atoms. The molecule has 1 aromatic heterocycles.